The molecule has 17 heavy (non-hydrogen) atoms. The number of hydrogen-bond acceptors (Lipinski definition) is 3. The second kappa shape index (κ2) is 7.49. The second-order valence-electron chi connectivity index (χ2n) is 5.00. The van der Waals surface area contributed by atoms with Crippen LogP contribution in [0.1, 0.15) is 46.5 Å². The zero-order chi connectivity index (χ0) is 12.7. The van der Waals surface area contributed by atoms with Gasteiger partial charge in [0.05, 0.1) is 12.5 Å². The van der Waals surface area contributed by atoms with E-state index in [-0.39, 0.29) is 11.9 Å². The van der Waals surface area contributed by atoms with Gasteiger partial charge in [-0.3, -0.25) is 4.79 Å². The molecule has 2 unspecified atom stereocenters. The Hall–Kier alpha value is -0.830. The van der Waals surface area contributed by atoms with E-state index in [2.05, 4.69) is 25.2 Å². The van der Waals surface area contributed by atoms with Crippen LogP contribution in [0, 0.1) is 5.92 Å². The molecule has 1 N–H and O–H groups in total. The van der Waals surface area contributed by atoms with Crippen molar-refractivity contribution in [3.63, 3.8) is 0 Å². The minimum absolute atomic E-state index is 0.0128. The summed E-state index contributed by atoms with van der Waals surface area (Å²) in [5.41, 5.74) is 1.33. The smallest absolute Gasteiger partial charge is 0.308 e. The maximum atomic E-state index is 11.7. The molecule has 1 rings (SSSR count). The van der Waals surface area contributed by atoms with Gasteiger partial charge in [-0.1, -0.05) is 18.1 Å². The summed E-state index contributed by atoms with van der Waals surface area (Å²) in [7, 11) is 0. The van der Waals surface area contributed by atoms with Crippen LogP contribution in [0.4, 0.5) is 0 Å². The first kappa shape index (κ1) is 14.2. The van der Waals surface area contributed by atoms with Crippen LogP contribution in [-0.2, 0) is 9.53 Å². The third kappa shape index (κ3) is 5.35. The topological polar surface area (TPSA) is 38.3 Å². The summed E-state index contributed by atoms with van der Waals surface area (Å²) < 4.78 is 5.09. The van der Waals surface area contributed by atoms with Crippen molar-refractivity contribution >= 4 is 5.97 Å². The molecular weight excluding hydrogens is 214 g/mol. The first-order valence-corrected chi connectivity index (χ1v) is 6.66. The fourth-order valence-electron chi connectivity index (χ4n) is 2.28. The van der Waals surface area contributed by atoms with Crippen LogP contribution in [0.2, 0.25) is 0 Å². The molecule has 98 valence electrons. The number of carbonyl (C=O) groups excluding carboxylic acids is 1. The summed E-state index contributed by atoms with van der Waals surface area (Å²) in [6.45, 7) is 7.47. The quantitative estimate of drug-likeness (QED) is 0.592. The lowest BCUT2D eigenvalue weighted by Gasteiger charge is -2.28. The summed E-state index contributed by atoms with van der Waals surface area (Å²) in [6.07, 6.45) is 6.39. The van der Waals surface area contributed by atoms with E-state index in [1.54, 1.807) is 0 Å². The highest BCUT2D eigenvalue weighted by atomic mass is 16.5. The lowest BCUT2D eigenvalue weighted by molar-refractivity contribution is -0.149. The standard InChI is InChI=1S/C14H25NO2/c1-4-17-14(16)12-6-5-7-13(10-12)15-9-8-11(2)3/h8,12-13,15H,4-7,9-10H2,1-3H3. The molecule has 0 saturated heterocycles. The van der Waals surface area contributed by atoms with Gasteiger partial charge in [0.1, 0.15) is 0 Å². The van der Waals surface area contributed by atoms with E-state index in [0.717, 1.165) is 25.8 Å². The Balaban J connectivity index is 2.33. The van der Waals surface area contributed by atoms with Gasteiger partial charge in [-0.25, -0.2) is 0 Å². The van der Waals surface area contributed by atoms with Crippen LogP contribution in [0.5, 0.6) is 0 Å². The molecule has 0 amide bonds. The van der Waals surface area contributed by atoms with Gasteiger partial charge in [0.15, 0.2) is 0 Å². The predicted molar refractivity (Wildman–Crippen MR) is 69.8 cm³/mol. The average molecular weight is 239 g/mol. The van der Waals surface area contributed by atoms with Crippen molar-refractivity contribution in [2.24, 2.45) is 5.92 Å². The molecule has 2 atom stereocenters. The fourth-order valence-corrected chi connectivity index (χ4v) is 2.28. The molecule has 0 radical (unpaired) electrons. The first-order chi connectivity index (χ1) is 8.13. The number of nitrogens with one attached hydrogen (secondary N) is 1. The van der Waals surface area contributed by atoms with Gasteiger partial charge in [0.2, 0.25) is 0 Å². The van der Waals surface area contributed by atoms with E-state index >= 15 is 0 Å². The minimum Gasteiger partial charge on any atom is -0.466 e. The number of carbonyl (C=O) groups is 1. The SMILES string of the molecule is CCOC(=O)C1CCCC(NCC=C(C)C)C1. The molecule has 1 fully saturated rings. The molecule has 0 heterocycles. The van der Waals surface area contributed by atoms with Crippen molar-refractivity contribution in [3.8, 4) is 0 Å². The maximum Gasteiger partial charge on any atom is 0.308 e. The normalized spacial score (nSPS) is 24.2. The Bertz CT molecular complexity index is 269. The summed E-state index contributed by atoms with van der Waals surface area (Å²) in [5.74, 6) is 0.0918. The van der Waals surface area contributed by atoms with Crippen molar-refractivity contribution in [2.75, 3.05) is 13.2 Å². The van der Waals surface area contributed by atoms with Gasteiger partial charge in [-0.2, -0.15) is 0 Å². The molecule has 1 aliphatic rings. The van der Waals surface area contributed by atoms with Crippen molar-refractivity contribution in [1.29, 1.82) is 0 Å². The third-order valence-corrected chi connectivity index (χ3v) is 3.21. The van der Waals surface area contributed by atoms with Crippen LogP contribution >= 0.6 is 0 Å². The summed E-state index contributed by atoms with van der Waals surface area (Å²) in [6, 6.07) is 0.466. The monoisotopic (exact) mass is 239 g/mol. The lowest BCUT2D eigenvalue weighted by atomic mass is 9.86. The number of hydrogen-bond donors (Lipinski definition) is 1. The van der Waals surface area contributed by atoms with E-state index in [0.29, 0.717) is 12.6 Å². The van der Waals surface area contributed by atoms with E-state index in [9.17, 15) is 4.79 Å². The molecule has 1 aliphatic carbocycles. The highest BCUT2D eigenvalue weighted by Gasteiger charge is 2.27. The Kier molecular flexibility index (Phi) is 6.27. The van der Waals surface area contributed by atoms with Gasteiger partial charge in [0.25, 0.3) is 0 Å². The zero-order valence-electron chi connectivity index (χ0n) is 11.3. The Morgan fingerprint density at radius 3 is 2.82 bits per heavy atom. The third-order valence-electron chi connectivity index (χ3n) is 3.21. The van der Waals surface area contributed by atoms with Gasteiger partial charge in [-0.05, 0) is 40.0 Å². The zero-order valence-corrected chi connectivity index (χ0v) is 11.3. The van der Waals surface area contributed by atoms with Gasteiger partial charge < -0.3 is 10.1 Å². The summed E-state index contributed by atoms with van der Waals surface area (Å²) >= 11 is 0. The van der Waals surface area contributed by atoms with Crippen molar-refractivity contribution in [1.82, 2.24) is 5.32 Å². The number of esters is 1. The van der Waals surface area contributed by atoms with E-state index < -0.39 is 0 Å². The Morgan fingerprint density at radius 1 is 1.41 bits per heavy atom. The van der Waals surface area contributed by atoms with Crippen LogP contribution in [0.15, 0.2) is 11.6 Å². The van der Waals surface area contributed by atoms with Gasteiger partial charge >= 0.3 is 5.97 Å². The fraction of sp³-hybridized carbons (Fsp3) is 0.786. The van der Waals surface area contributed by atoms with Gasteiger partial charge in [0, 0.05) is 12.6 Å². The van der Waals surface area contributed by atoms with Gasteiger partial charge in [-0.15, -0.1) is 0 Å². The molecule has 1 saturated carbocycles. The number of rotatable bonds is 5. The molecule has 0 aromatic heterocycles. The number of ether oxygens (including phenoxy) is 1. The first-order valence-electron chi connectivity index (χ1n) is 6.66. The predicted octanol–water partition coefficient (Wildman–Crippen LogP) is 2.66. The average Bonchev–Trinajstić information content (AvgIpc) is 2.29. The second-order valence-corrected chi connectivity index (χ2v) is 5.00. The van der Waals surface area contributed by atoms with Crippen LogP contribution < -0.4 is 5.32 Å². The molecule has 3 heteroatoms. The highest BCUT2D eigenvalue weighted by molar-refractivity contribution is 5.72. The van der Waals surface area contributed by atoms with Crippen LogP contribution in [0.25, 0.3) is 0 Å². The molecule has 3 nitrogen and oxygen atoms in total. The molecule has 0 spiro atoms. The summed E-state index contributed by atoms with van der Waals surface area (Å²) in [5, 5.41) is 3.50. The molecule has 0 bridgehead atoms. The number of allylic oxidation sites excluding steroid dienone is 1. The van der Waals surface area contributed by atoms with Crippen molar-refractivity contribution < 1.29 is 9.53 Å². The molecular formula is C14H25NO2. The van der Waals surface area contributed by atoms with Crippen LogP contribution in [-0.4, -0.2) is 25.2 Å². The molecule has 0 aromatic carbocycles. The Morgan fingerprint density at radius 2 is 2.18 bits per heavy atom. The summed E-state index contributed by atoms with van der Waals surface area (Å²) in [4.78, 5) is 11.7. The molecule has 0 aliphatic heterocycles. The maximum absolute atomic E-state index is 11.7. The largest absolute Gasteiger partial charge is 0.466 e. The van der Waals surface area contributed by atoms with E-state index in [1.165, 1.54) is 12.0 Å². The highest BCUT2D eigenvalue weighted by Crippen LogP contribution is 2.25. The van der Waals surface area contributed by atoms with Crippen LogP contribution in [0.3, 0.4) is 0 Å². The lowest BCUT2D eigenvalue weighted by Crippen LogP contribution is -2.37. The van der Waals surface area contributed by atoms with E-state index in [1.807, 2.05) is 6.92 Å². The minimum atomic E-state index is -0.0128. The van der Waals surface area contributed by atoms with Crippen molar-refractivity contribution in [2.45, 2.75) is 52.5 Å². The Labute approximate surface area is 105 Å². The molecule has 0 aromatic rings. The van der Waals surface area contributed by atoms with E-state index in [4.69, 9.17) is 4.74 Å². The van der Waals surface area contributed by atoms with Crippen molar-refractivity contribution in [3.05, 3.63) is 11.6 Å².